The van der Waals surface area contributed by atoms with Crippen molar-refractivity contribution in [1.29, 1.82) is 0 Å². The van der Waals surface area contributed by atoms with E-state index in [1.807, 2.05) is 11.9 Å². The first-order valence-corrected chi connectivity index (χ1v) is 4.39. The molecule has 1 aromatic rings. The van der Waals surface area contributed by atoms with Crippen molar-refractivity contribution in [1.82, 2.24) is 9.97 Å². The van der Waals surface area contributed by atoms with E-state index in [1.165, 1.54) is 0 Å². The molecule has 1 aromatic heterocycles. The van der Waals surface area contributed by atoms with Crippen molar-refractivity contribution in [3.8, 4) is 0 Å². The lowest BCUT2D eigenvalue weighted by Crippen LogP contribution is -2.17. The summed E-state index contributed by atoms with van der Waals surface area (Å²) in [7, 11) is 1.97. The summed E-state index contributed by atoms with van der Waals surface area (Å²) < 4.78 is 0. The van der Waals surface area contributed by atoms with Crippen LogP contribution in [0.2, 0.25) is 0 Å². The zero-order valence-electron chi connectivity index (χ0n) is 7.29. The third-order valence-electron chi connectivity index (χ3n) is 1.67. The highest BCUT2D eigenvalue weighted by Crippen LogP contribution is 2.07. The summed E-state index contributed by atoms with van der Waals surface area (Å²) in [4.78, 5) is 10.3. The minimum absolute atomic E-state index is 0.415. The molecular weight excluding hydrogens is 174 g/mol. The molecule has 0 aliphatic rings. The first kappa shape index (κ1) is 9.26. The second-order valence-corrected chi connectivity index (χ2v) is 2.78. The van der Waals surface area contributed by atoms with Gasteiger partial charge < -0.3 is 4.90 Å². The molecule has 3 nitrogen and oxygen atoms in total. The Morgan fingerprint density at radius 3 is 2.83 bits per heavy atom. The van der Waals surface area contributed by atoms with E-state index < -0.39 is 0 Å². The Hall–Kier alpha value is -0.830. The maximum absolute atomic E-state index is 5.63. The summed E-state index contributed by atoms with van der Waals surface area (Å²) in [5.41, 5.74) is 0.814. The van der Waals surface area contributed by atoms with Gasteiger partial charge in [-0.1, -0.05) is 0 Å². The number of hydrogen-bond donors (Lipinski definition) is 0. The lowest BCUT2D eigenvalue weighted by Gasteiger charge is -2.14. The van der Waals surface area contributed by atoms with Crippen LogP contribution in [0.25, 0.3) is 0 Å². The Labute approximate surface area is 77.4 Å². The standard InChI is InChI=1S/C8H12ClN3/c1-3-12(2)8-6-10-5-7(4-9)11-8/h5-6H,3-4H2,1-2H3. The van der Waals surface area contributed by atoms with Gasteiger partial charge in [-0.25, -0.2) is 4.98 Å². The molecule has 0 aliphatic heterocycles. The zero-order valence-corrected chi connectivity index (χ0v) is 8.04. The number of hydrogen-bond acceptors (Lipinski definition) is 3. The van der Waals surface area contributed by atoms with Crippen LogP contribution in [0.15, 0.2) is 12.4 Å². The molecule has 1 rings (SSSR count). The van der Waals surface area contributed by atoms with Gasteiger partial charge in [-0.3, -0.25) is 4.98 Å². The Balaban J connectivity index is 2.86. The summed E-state index contributed by atoms with van der Waals surface area (Å²) in [5, 5.41) is 0. The average molecular weight is 186 g/mol. The van der Waals surface area contributed by atoms with Crippen LogP contribution in [0, 0.1) is 0 Å². The van der Waals surface area contributed by atoms with Gasteiger partial charge in [-0.05, 0) is 6.92 Å². The number of anilines is 1. The molecule has 0 amide bonds. The molecule has 0 spiro atoms. The Morgan fingerprint density at radius 2 is 2.25 bits per heavy atom. The fourth-order valence-electron chi connectivity index (χ4n) is 0.805. The Bertz CT molecular complexity index is 252. The normalized spacial score (nSPS) is 9.92. The molecule has 0 fully saturated rings. The summed E-state index contributed by atoms with van der Waals surface area (Å²) in [6, 6.07) is 0. The third kappa shape index (κ3) is 2.08. The summed E-state index contributed by atoms with van der Waals surface area (Å²) in [6.45, 7) is 2.98. The molecule has 0 radical (unpaired) electrons. The summed E-state index contributed by atoms with van der Waals surface area (Å²) in [6.07, 6.45) is 3.42. The molecule has 0 aliphatic carbocycles. The fourth-order valence-corrected chi connectivity index (χ4v) is 0.934. The Kier molecular flexibility index (Phi) is 3.29. The maximum Gasteiger partial charge on any atom is 0.147 e. The monoisotopic (exact) mass is 185 g/mol. The predicted octanol–water partition coefficient (Wildman–Crippen LogP) is 1.67. The van der Waals surface area contributed by atoms with Crippen molar-refractivity contribution in [2.24, 2.45) is 0 Å². The Morgan fingerprint density at radius 1 is 1.50 bits per heavy atom. The highest BCUT2D eigenvalue weighted by Gasteiger charge is 2.00. The van der Waals surface area contributed by atoms with Gasteiger partial charge in [0.2, 0.25) is 0 Å². The van der Waals surface area contributed by atoms with E-state index >= 15 is 0 Å². The van der Waals surface area contributed by atoms with E-state index in [1.54, 1.807) is 12.4 Å². The number of alkyl halides is 1. The van der Waals surface area contributed by atoms with E-state index in [-0.39, 0.29) is 0 Å². The molecule has 0 N–H and O–H groups in total. The van der Waals surface area contributed by atoms with Gasteiger partial charge in [0.1, 0.15) is 5.82 Å². The lowest BCUT2D eigenvalue weighted by atomic mass is 10.5. The fraction of sp³-hybridized carbons (Fsp3) is 0.500. The minimum atomic E-state index is 0.415. The van der Waals surface area contributed by atoms with Gasteiger partial charge in [-0.2, -0.15) is 0 Å². The van der Waals surface area contributed by atoms with Crippen molar-refractivity contribution < 1.29 is 0 Å². The number of rotatable bonds is 3. The molecule has 4 heteroatoms. The van der Waals surface area contributed by atoms with Crippen LogP contribution >= 0.6 is 11.6 Å². The molecular formula is C8H12ClN3. The van der Waals surface area contributed by atoms with Crippen LogP contribution in [0.1, 0.15) is 12.6 Å². The highest BCUT2D eigenvalue weighted by atomic mass is 35.5. The van der Waals surface area contributed by atoms with Crippen molar-refractivity contribution in [3.63, 3.8) is 0 Å². The quantitative estimate of drug-likeness (QED) is 0.671. The second-order valence-electron chi connectivity index (χ2n) is 2.52. The van der Waals surface area contributed by atoms with Crippen LogP contribution in [0.5, 0.6) is 0 Å². The molecule has 0 atom stereocenters. The second kappa shape index (κ2) is 4.26. The summed E-state index contributed by atoms with van der Waals surface area (Å²) in [5.74, 6) is 1.29. The predicted molar refractivity (Wildman–Crippen MR) is 50.5 cm³/mol. The molecule has 1 heterocycles. The van der Waals surface area contributed by atoms with E-state index in [2.05, 4.69) is 16.9 Å². The maximum atomic E-state index is 5.63. The van der Waals surface area contributed by atoms with Crippen molar-refractivity contribution in [2.75, 3.05) is 18.5 Å². The molecule has 0 bridgehead atoms. The largest absolute Gasteiger partial charge is 0.359 e. The van der Waals surface area contributed by atoms with Crippen LogP contribution in [0.3, 0.4) is 0 Å². The highest BCUT2D eigenvalue weighted by molar-refractivity contribution is 6.16. The third-order valence-corrected chi connectivity index (χ3v) is 1.95. The molecule has 0 saturated heterocycles. The van der Waals surface area contributed by atoms with E-state index in [0.717, 1.165) is 18.1 Å². The first-order valence-electron chi connectivity index (χ1n) is 3.86. The topological polar surface area (TPSA) is 29.0 Å². The number of aromatic nitrogens is 2. The van der Waals surface area contributed by atoms with Gasteiger partial charge in [0.15, 0.2) is 0 Å². The van der Waals surface area contributed by atoms with Crippen LogP contribution in [-0.2, 0) is 5.88 Å². The van der Waals surface area contributed by atoms with E-state index in [9.17, 15) is 0 Å². The van der Waals surface area contributed by atoms with Gasteiger partial charge in [0, 0.05) is 19.8 Å². The van der Waals surface area contributed by atoms with Gasteiger partial charge >= 0.3 is 0 Å². The van der Waals surface area contributed by atoms with E-state index in [4.69, 9.17) is 11.6 Å². The molecule has 0 aromatic carbocycles. The number of nitrogens with zero attached hydrogens (tertiary/aromatic N) is 3. The van der Waals surface area contributed by atoms with Crippen LogP contribution in [-0.4, -0.2) is 23.6 Å². The lowest BCUT2D eigenvalue weighted by molar-refractivity contribution is 0.915. The summed E-state index contributed by atoms with van der Waals surface area (Å²) >= 11 is 5.63. The SMILES string of the molecule is CCN(C)c1cncc(CCl)n1. The molecule has 0 unspecified atom stereocenters. The van der Waals surface area contributed by atoms with Gasteiger partial charge in [0.25, 0.3) is 0 Å². The zero-order chi connectivity index (χ0) is 8.97. The number of halogens is 1. The van der Waals surface area contributed by atoms with Gasteiger partial charge in [0.05, 0.1) is 17.8 Å². The molecule has 0 saturated carbocycles. The smallest absolute Gasteiger partial charge is 0.147 e. The van der Waals surface area contributed by atoms with Crippen molar-refractivity contribution in [3.05, 3.63) is 18.1 Å². The first-order chi connectivity index (χ1) is 5.77. The molecule has 66 valence electrons. The van der Waals surface area contributed by atoms with Gasteiger partial charge in [-0.15, -0.1) is 11.6 Å². The van der Waals surface area contributed by atoms with Crippen molar-refractivity contribution >= 4 is 17.4 Å². The van der Waals surface area contributed by atoms with Crippen LogP contribution in [0.4, 0.5) is 5.82 Å². The average Bonchev–Trinajstić information content (AvgIpc) is 2.17. The van der Waals surface area contributed by atoms with Crippen LogP contribution < -0.4 is 4.90 Å². The van der Waals surface area contributed by atoms with E-state index in [0.29, 0.717) is 5.88 Å². The minimum Gasteiger partial charge on any atom is -0.359 e. The molecule has 12 heavy (non-hydrogen) atoms. The van der Waals surface area contributed by atoms with Crippen molar-refractivity contribution in [2.45, 2.75) is 12.8 Å².